The van der Waals surface area contributed by atoms with Gasteiger partial charge in [-0.25, -0.2) is 0 Å². The standard InChI is InChI=1S/C15H29NO8.2CH4/c1-6-8(4-17)22-15(10(16)11(6)19)24-13-9(5-18)23-14(21-3)7(2)12(13)20;;/h6-15,17-20H,4-5,16H2,1-3H3;2*1H4/t6-,7?,8?,9?,10?,11-,12-,13+,14-,15-;;/m0../s1. The molecular weight excluding hydrogens is 346 g/mol. The molecule has 9 nitrogen and oxygen atoms in total. The molecule has 0 aromatic carbocycles. The molecule has 4 unspecified atom stereocenters. The van der Waals surface area contributed by atoms with Gasteiger partial charge in [0, 0.05) is 18.9 Å². The summed E-state index contributed by atoms with van der Waals surface area (Å²) in [6.45, 7) is 2.78. The van der Waals surface area contributed by atoms with E-state index in [1.807, 2.05) is 0 Å². The predicted octanol–water partition coefficient (Wildman–Crippen LogP) is -0.954. The van der Waals surface area contributed by atoms with Crippen LogP contribution in [-0.2, 0) is 18.9 Å². The second-order valence-corrected chi connectivity index (χ2v) is 6.56. The molecule has 0 radical (unpaired) electrons. The molecule has 0 aromatic heterocycles. The first-order valence-electron chi connectivity index (χ1n) is 8.18. The quantitative estimate of drug-likeness (QED) is 0.406. The molecular formula is C17H37NO8. The first kappa shape index (κ1) is 25.6. The fraction of sp³-hybridized carbons (Fsp3) is 1.00. The normalized spacial score (nSPS) is 46.2. The SMILES string of the molecule is C.C.CO[C@H]1OC(CO)[C@@H](O[C@@H]2OC(CO)[C@H](C)[C@H](O)C2N)[C@@H](O)C1C. The Balaban J connectivity index is 0.00000312. The van der Waals surface area contributed by atoms with Crippen molar-refractivity contribution >= 4 is 0 Å². The van der Waals surface area contributed by atoms with E-state index in [1.165, 1.54) is 7.11 Å². The van der Waals surface area contributed by atoms with Crippen molar-refractivity contribution in [2.24, 2.45) is 17.6 Å². The number of aliphatic hydroxyl groups is 4. The highest BCUT2D eigenvalue weighted by atomic mass is 16.7. The summed E-state index contributed by atoms with van der Waals surface area (Å²) in [6, 6.07) is -0.857. The van der Waals surface area contributed by atoms with E-state index in [0.29, 0.717) is 0 Å². The van der Waals surface area contributed by atoms with E-state index in [-0.39, 0.29) is 27.4 Å². The maximum absolute atomic E-state index is 10.5. The Labute approximate surface area is 156 Å². The van der Waals surface area contributed by atoms with E-state index in [9.17, 15) is 20.4 Å². The molecule has 10 atom stereocenters. The third kappa shape index (κ3) is 4.92. The number of rotatable bonds is 5. The highest BCUT2D eigenvalue weighted by molar-refractivity contribution is 4.93. The second-order valence-electron chi connectivity index (χ2n) is 6.56. The molecule has 0 spiro atoms. The van der Waals surface area contributed by atoms with E-state index < -0.39 is 61.7 Å². The molecule has 0 aromatic rings. The lowest BCUT2D eigenvalue weighted by atomic mass is 9.89. The molecule has 158 valence electrons. The summed E-state index contributed by atoms with van der Waals surface area (Å²) in [7, 11) is 1.45. The number of methoxy groups -OCH3 is 1. The minimum Gasteiger partial charge on any atom is -0.394 e. The molecule has 6 N–H and O–H groups in total. The third-order valence-electron chi connectivity index (χ3n) is 5.01. The second kappa shape index (κ2) is 10.8. The highest BCUT2D eigenvalue weighted by Gasteiger charge is 2.48. The molecule has 0 bridgehead atoms. The number of hydrogen-bond donors (Lipinski definition) is 5. The van der Waals surface area contributed by atoms with Gasteiger partial charge in [-0.05, 0) is 0 Å². The van der Waals surface area contributed by atoms with Crippen LogP contribution in [0.4, 0.5) is 0 Å². The van der Waals surface area contributed by atoms with Gasteiger partial charge in [0.2, 0.25) is 0 Å². The van der Waals surface area contributed by atoms with Crippen molar-refractivity contribution in [3.8, 4) is 0 Å². The topological polar surface area (TPSA) is 144 Å². The summed E-state index contributed by atoms with van der Waals surface area (Å²) in [5.41, 5.74) is 5.98. The third-order valence-corrected chi connectivity index (χ3v) is 5.01. The van der Waals surface area contributed by atoms with Gasteiger partial charge >= 0.3 is 0 Å². The van der Waals surface area contributed by atoms with Gasteiger partial charge in [0.15, 0.2) is 12.6 Å². The van der Waals surface area contributed by atoms with Gasteiger partial charge < -0.3 is 45.1 Å². The van der Waals surface area contributed by atoms with E-state index >= 15 is 0 Å². The van der Waals surface area contributed by atoms with Crippen LogP contribution in [0.5, 0.6) is 0 Å². The summed E-state index contributed by atoms with van der Waals surface area (Å²) in [5, 5.41) is 39.6. The van der Waals surface area contributed by atoms with Crippen molar-refractivity contribution in [1.29, 1.82) is 0 Å². The predicted molar refractivity (Wildman–Crippen MR) is 95.2 cm³/mol. The van der Waals surface area contributed by atoms with Crippen LogP contribution in [0.15, 0.2) is 0 Å². The highest BCUT2D eigenvalue weighted by Crippen LogP contribution is 2.32. The first-order chi connectivity index (χ1) is 11.3. The van der Waals surface area contributed by atoms with Crippen LogP contribution in [0.3, 0.4) is 0 Å². The van der Waals surface area contributed by atoms with Crippen LogP contribution in [0.2, 0.25) is 0 Å². The number of hydrogen-bond acceptors (Lipinski definition) is 9. The molecule has 0 aliphatic carbocycles. The molecule has 2 aliphatic heterocycles. The van der Waals surface area contributed by atoms with Crippen LogP contribution in [0.1, 0.15) is 28.7 Å². The van der Waals surface area contributed by atoms with Gasteiger partial charge in [0.25, 0.3) is 0 Å². The zero-order valence-corrected chi connectivity index (χ0v) is 14.2. The Morgan fingerprint density at radius 1 is 0.885 bits per heavy atom. The monoisotopic (exact) mass is 383 g/mol. The molecule has 9 heteroatoms. The van der Waals surface area contributed by atoms with Crippen molar-refractivity contribution in [3.63, 3.8) is 0 Å². The minimum atomic E-state index is -1.04. The largest absolute Gasteiger partial charge is 0.394 e. The molecule has 0 amide bonds. The van der Waals surface area contributed by atoms with Gasteiger partial charge in [-0.3, -0.25) is 0 Å². The maximum atomic E-state index is 10.5. The molecule has 26 heavy (non-hydrogen) atoms. The zero-order chi connectivity index (χ0) is 18.0. The van der Waals surface area contributed by atoms with E-state index in [2.05, 4.69) is 0 Å². The molecule has 2 aliphatic rings. The smallest absolute Gasteiger partial charge is 0.176 e. The number of ether oxygens (including phenoxy) is 4. The van der Waals surface area contributed by atoms with Crippen LogP contribution in [0.25, 0.3) is 0 Å². The van der Waals surface area contributed by atoms with Gasteiger partial charge in [-0.15, -0.1) is 0 Å². The van der Waals surface area contributed by atoms with Crippen LogP contribution in [0, 0.1) is 11.8 Å². The molecule has 2 heterocycles. The summed E-state index contributed by atoms with van der Waals surface area (Å²) < 4.78 is 22.1. The van der Waals surface area contributed by atoms with Gasteiger partial charge in [0.1, 0.15) is 12.2 Å². The number of nitrogens with two attached hydrogens (primary N) is 1. The lowest BCUT2D eigenvalue weighted by Gasteiger charge is -2.47. The van der Waals surface area contributed by atoms with Gasteiger partial charge in [-0.1, -0.05) is 28.7 Å². The Bertz CT molecular complexity index is 397. The molecule has 2 rings (SSSR count). The Hall–Kier alpha value is -0.360. The van der Waals surface area contributed by atoms with Crippen molar-refractivity contribution in [1.82, 2.24) is 0 Å². The molecule has 2 saturated heterocycles. The molecule has 0 saturated carbocycles. The average molecular weight is 383 g/mol. The Kier molecular flexibility index (Phi) is 10.7. The Morgan fingerprint density at radius 3 is 1.92 bits per heavy atom. The zero-order valence-electron chi connectivity index (χ0n) is 14.2. The van der Waals surface area contributed by atoms with E-state index in [1.54, 1.807) is 13.8 Å². The van der Waals surface area contributed by atoms with Crippen LogP contribution < -0.4 is 5.73 Å². The van der Waals surface area contributed by atoms with E-state index in [0.717, 1.165) is 0 Å². The average Bonchev–Trinajstić information content (AvgIpc) is 2.59. The van der Waals surface area contributed by atoms with Crippen molar-refractivity contribution < 1.29 is 39.4 Å². The summed E-state index contributed by atoms with van der Waals surface area (Å²) in [5.74, 6) is -0.761. The minimum absolute atomic E-state index is 0. The summed E-state index contributed by atoms with van der Waals surface area (Å²) in [4.78, 5) is 0. The van der Waals surface area contributed by atoms with Crippen molar-refractivity contribution in [2.45, 2.75) is 77.8 Å². The van der Waals surface area contributed by atoms with E-state index in [4.69, 9.17) is 24.7 Å². The first-order valence-corrected chi connectivity index (χ1v) is 8.18. The molecule has 2 fully saturated rings. The Morgan fingerprint density at radius 2 is 1.42 bits per heavy atom. The van der Waals surface area contributed by atoms with Crippen molar-refractivity contribution in [2.75, 3.05) is 20.3 Å². The lowest BCUT2D eigenvalue weighted by Crippen LogP contribution is -2.63. The lowest BCUT2D eigenvalue weighted by molar-refractivity contribution is -0.330. The maximum Gasteiger partial charge on any atom is 0.176 e. The fourth-order valence-corrected chi connectivity index (χ4v) is 3.24. The van der Waals surface area contributed by atoms with Crippen molar-refractivity contribution in [3.05, 3.63) is 0 Å². The summed E-state index contributed by atoms with van der Waals surface area (Å²) >= 11 is 0. The van der Waals surface area contributed by atoms with Crippen LogP contribution in [-0.4, -0.2) is 89.9 Å². The fourth-order valence-electron chi connectivity index (χ4n) is 3.24. The van der Waals surface area contributed by atoms with Gasteiger partial charge in [-0.2, -0.15) is 0 Å². The van der Waals surface area contributed by atoms with Crippen LogP contribution >= 0.6 is 0 Å². The summed E-state index contributed by atoms with van der Waals surface area (Å²) in [6.07, 6.45) is -6.01. The van der Waals surface area contributed by atoms with Gasteiger partial charge in [0.05, 0.1) is 37.6 Å². The number of aliphatic hydroxyl groups excluding tert-OH is 4.